The van der Waals surface area contributed by atoms with Gasteiger partial charge in [-0.1, -0.05) is 31.9 Å². The minimum atomic E-state index is -0.110. The highest BCUT2D eigenvalue weighted by Crippen LogP contribution is 2.42. The second-order valence-electron chi connectivity index (χ2n) is 4.38. The second-order valence-corrected chi connectivity index (χ2v) is 6.52. The van der Waals surface area contributed by atoms with E-state index >= 15 is 0 Å². The van der Waals surface area contributed by atoms with Crippen LogP contribution >= 0.6 is 43.5 Å². The van der Waals surface area contributed by atoms with Gasteiger partial charge in [0, 0.05) is 10.9 Å². The minimum absolute atomic E-state index is 0.110. The number of fused-ring (bicyclic) bond motifs is 1. The standard InChI is InChI=1S/C14H11Br2ClO3/c15-9-7-12-11(18-4-1-5-19-12)6-8(9)14(16)10-2-3-13(17)20-10/h2-3,6-7,14H,1,4-5H2. The Morgan fingerprint density at radius 3 is 2.45 bits per heavy atom. The second kappa shape index (κ2) is 6.00. The van der Waals surface area contributed by atoms with E-state index in [0.29, 0.717) is 18.4 Å². The highest BCUT2D eigenvalue weighted by Gasteiger charge is 2.21. The molecule has 106 valence electrons. The normalized spacial score (nSPS) is 15.8. The van der Waals surface area contributed by atoms with Crippen molar-refractivity contribution in [1.29, 1.82) is 0 Å². The molecule has 1 aliphatic rings. The van der Waals surface area contributed by atoms with Crippen LogP contribution in [-0.4, -0.2) is 13.2 Å². The Morgan fingerprint density at radius 2 is 1.80 bits per heavy atom. The van der Waals surface area contributed by atoms with Gasteiger partial charge in [0.05, 0.1) is 18.0 Å². The number of alkyl halides is 1. The van der Waals surface area contributed by atoms with E-state index < -0.39 is 0 Å². The highest BCUT2D eigenvalue weighted by molar-refractivity contribution is 9.11. The van der Waals surface area contributed by atoms with Gasteiger partial charge in [-0.15, -0.1) is 0 Å². The lowest BCUT2D eigenvalue weighted by Crippen LogP contribution is -1.97. The summed E-state index contributed by atoms with van der Waals surface area (Å²) in [4.78, 5) is -0.110. The third-order valence-corrected chi connectivity index (χ3v) is 4.82. The molecule has 0 amide bonds. The molecule has 0 N–H and O–H groups in total. The van der Waals surface area contributed by atoms with Crippen LogP contribution in [0.4, 0.5) is 0 Å². The van der Waals surface area contributed by atoms with Gasteiger partial charge >= 0.3 is 0 Å². The number of furan rings is 1. The van der Waals surface area contributed by atoms with Gasteiger partial charge in [0.15, 0.2) is 16.7 Å². The summed E-state index contributed by atoms with van der Waals surface area (Å²) < 4.78 is 17.7. The Morgan fingerprint density at radius 1 is 1.10 bits per heavy atom. The molecule has 0 saturated carbocycles. The summed E-state index contributed by atoms with van der Waals surface area (Å²) in [5.74, 6) is 2.25. The summed E-state index contributed by atoms with van der Waals surface area (Å²) in [6.07, 6.45) is 0.882. The van der Waals surface area contributed by atoms with Gasteiger partial charge in [-0.2, -0.15) is 0 Å². The first-order valence-corrected chi connectivity index (χ1v) is 8.22. The summed E-state index contributed by atoms with van der Waals surface area (Å²) in [6, 6.07) is 7.45. The molecule has 0 radical (unpaired) electrons. The average molecular weight is 423 g/mol. The van der Waals surface area contributed by atoms with E-state index in [-0.39, 0.29) is 4.83 Å². The molecule has 1 aromatic carbocycles. The lowest BCUT2D eigenvalue weighted by Gasteiger charge is -2.14. The van der Waals surface area contributed by atoms with Crippen LogP contribution in [0.1, 0.15) is 22.6 Å². The maximum Gasteiger partial charge on any atom is 0.193 e. The van der Waals surface area contributed by atoms with E-state index in [1.54, 1.807) is 6.07 Å². The molecule has 1 aliphatic heterocycles. The zero-order valence-corrected chi connectivity index (χ0v) is 14.3. The maximum absolute atomic E-state index is 5.82. The number of hydrogen-bond donors (Lipinski definition) is 0. The Bertz CT molecular complexity index is 627. The van der Waals surface area contributed by atoms with Crippen molar-refractivity contribution in [2.45, 2.75) is 11.2 Å². The third kappa shape index (κ3) is 2.85. The molecule has 0 bridgehead atoms. The van der Waals surface area contributed by atoms with Crippen molar-refractivity contribution in [2.24, 2.45) is 0 Å². The quantitative estimate of drug-likeness (QED) is 0.612. The van der Waals surface area contributed by atoms with Crippen molar-refractivity contribution >= 4 is 43.5 Å². The molecular formula is C14H11Br2ClO3. The Hall–Kier alpha value is -0.650. The van der Waals surface area contributed by atoms with Crippen molar-refractivity contribution in [3.05, 3.63) is 45.3 Å². The van der Waals surface area contributed by atoms with E-state index in [9.17, 15) is 0 Å². The molecule has 1 atom stereocenters. The number of rotatable bonds is 2. The molecule has 0 fully saturated rings. The Labute approximate surface area is 138 Å². The van der Waals surface area contributed by atoms with Crippen LogP contribution in [0.2, 0.25) is 5.22 Å². The first-order chi connectivity index (χ1) is 9.65. The molecule has 1 unspecified atom stereocenters. The predicted octanol–water partition coefficient (Wildman–Crippen LogP) is 5.34. The molecule has 0 saturated heterocycles. The summed E-state index contributed by atoms with van der Waals surface area (Å²) in [5.41, 5.74) is 1.00. The van der Waals surface area contributed by atoms with Gasteiger partial charge in [0.1, 0.15) is 5.76 Å². The summed E-state index contributed by atoms with van der Waals surface area (Å²) >= 11 is 13.0. The molecule has 0 aliphatic carbocycles. The van der Waals surface area contributed by atoms with E-state index in [2.05, 4.69) is 31.9 Å². The lowest BCUT2D eigenvalue weighted by atomic mass is 10.1. The molecule has 3 rings (SSSR count). The van der Waals surface area contributed by atoms with Crippen LogP contribution in [0.3, 0.4) is 0 Å². The summed E-state index contributed by atoms with van der Waals surface area (Å²) in [5, 5.41) is 0.370. The molecule has 2 aromatic rings. The van der Waals surface area contributed by atoms with Crippen LogP contribution in [-0.2, 0) is 0 Å². The van der Waals surface area contributed by atoms with Crippen LogP contribution in [0.25, 0.3) is 0 Å². The van der Waals surface area contributed by atoms with E-state index in [1.165, 1.54) is 0 Å². The van der Waals surface area contributed by atoms with E-state index in [1.807, 2.05) is 18.2 Å². The SMILES string of the molecule is Clc1ccc(C(Br)c2cc3c(cc2Br)OCCCO3)o1. The summed E-state index contributed by atoms with van der Waals surface area (Å²) in [7, 11) is 0. The predicted molar refractivity (Wildman–Crippen MR) is 84.2 cm³/mol. The van der Waals surface area contributed by atoms with Gasteiger partial charge in [-0.3, -0.25) is 0 Å². The third-order valence-electron chi connectivity index (χ3n) is 2.98. The zero-order valence-electron chi connectivity index (χ0n) is 10.4. The Balaban J connectivity index is 1.99. The van der Waals surface area contributed by atoms with Crippen LogP contribution < -0.4 is 9.47 Å². The van der Waals surface area contributed by atoms with Crippen molar-refractivity contribution in [3.8, 4) is 11.5 Å². The fourth-order valence-electron chi connectivity index (χ4n) is 2.01. The van der Waals surface area contributed by atoms with Crippen LogP contribution in [0, 0.1) is 0 Å². The fraction of sp³-hybridized carbons (Fsp3) is 0.286. The molecule has 2 heterocycles. The molecule has 6 heteroatoms. The first-order valence-electron chi connectivity index (χ1n) is 6.13. The first kappa shape index (κ1) is 14.3. The van der Waals surface area contributed by atoms with Crippen LogP contribution in [0.15, 0.2) is 33.2 Å². The topological polar surface area (TPSA) is 31.6 Å². The maximum atomic E-state index is 5.82. The number of ether oxygens (including phenoxy) is 2. The molecule has 20 heavy (non-hydrogen) atoms. The van der Waals surface area contributed by atoms with Crippen LogP contribution in [0.5, 0.6) is 11.5 Å². The van der Waals surface area contributed by atoms with E-state index in [4.69, 9.17) is 25.5 Å². The zero-order chi connectivity index (χ0) is 14.1. The van der Waals surface area contributed by atoms with Crippen molar-refractivity contribution in [1.82, 2.24) is 0 Å². The van der Waals surface area contributed by atoms with Gasteiger partial charge < -0.3 is 13.9 Å². The average Bonchev–Trinajstić information content (AvgIpc) is 2.73. The molecule has 0 spiro atoms. The fourth-order valence-corrected chi connectivity index (χ4v) is 3.65. The number of hydrogen-bond acceptors (Lipinski definition) is 3. The Kier molecular flexibility index (Phi) is 4.29. The minimum Gasteiger partial charge on any atom is -0.490 e. The molecule has 1 aromatic heterocycles. The van der Waals surface area contributed by atoms with Crippen molar-refractivity contribution < 1.29 is 13.9 Å². The van der Waals surface area contributed by atoms with E-state index in [0.717, 1.165) is 33.7 Å². The van der Waals surface area contributed by atoms with Gasteiger partial charge in [0.2, 0.25) is 0 Å². The summed E-state index contributed by atoms with van der Waals surface area (Å²) in [6.45, 7) is 1.33. The number of halogens is 3. The van der Waals surface area contributed by atoms with Crippen molar-refractivity contribution in [2.75, 3.05) is 13.2 Å². The molecule has 3 nitrogen and oxygen atoms in total. The van der Waals surface area contributed by atoms with Gasteiger partial charge in [-0.25, -0.2) is 0 Å². The highest BCUT2D eigenvalue weighted by atomic mass is 79.9. The van der Waals surface area contributed by atoms with Crippen molar-refractivity contribution in [3.63, 3.8) is 0 Å². The lowest BCUT2D eigenvalue weighted by molar-refractivity contribution is 0.297. The van der Waals surface area contributed by atoms with Gasteiger partial charge in [-0.05, 0) is 41.4 Å². The number of benzene rings is 1. The van der Waals surface area contributed by atoms with Gasteiger partial charge in [0.25, 0.3) is 0 Å². The monoisotopic (exact) mass is 420 g/mol. The largest absolute Gasteiger partial charge is 0.490 e. The smallest absolute Gasteiger partial charge is 0.193 e. The molecular weight excluding hydrogens is 411 g/mol.